The molecule has 1 aromatic carbocycles. The predicted octanol–water partition coefficient (Wildman–Crippen LogP) is 7.66. The number of allylic oxidation sites excluding steroid dienone is 1. The third-order valence-corrected chi connectivity index (χ3v) is 5.76. The zero-order valence-electron chi connectivity index (χ0n) is 18.2. The van der Waals surface area contributed by atoms with Gasteiger partial charge in [0, 0.05) is 6.07 Å². The Morgan fingerprint density at radius 2 is 1.89 bits per heavy atom. The van der Waals surface area contributed by atoms with E-state index in [0.717, 1.165) is 12.3 Å². The first-order chi connectivity index (χ1) is 13.3. The highest BCUT2D eigenvalue weighted by Crippen LogP contribution is 2.36. The zero-order chi connectivity index (χ0) is 21.1. The Hall–Kier alpha value is -1.48. The average molecular weight is 409 g/mol. The van der Waals surface area contributed by atoms with E-state index in [1.165, 1.54) is 63.5 Å². The molecule has 0 amide bonds. The number of aromatic hydroxyl groups is 1. The van der Waals surface area contributed by atoms with Crippen LogP contribution in [0.2, 0.25) is 5.02 Å². The van der Waals surface area contributed by atoms with Crippen LogP contribution in [0.25, 0.3) is 0 Å². The van der Waals surface area contributed by atoms with Gasteiger partial charge in [-0.15, -0.1) is 0 Å². The van der Waals surface area contributed by atoms with Gasteiger partial charge >= 0.3 is 0 Å². The Morgan fingerprint density at radius 3 is 2.54 bits per heavy atom. The summed E-state index contributed by atoms with van der Waals surface area (Å²) in [5.74, 6) is 0.966. The van der Waals surface area contributed by atoms with Crippen molar-refractivity contribution >= 4 is 17.4 Å². The number of carbonyl (C=O) groups excluding carboxylic acids is 1. The van der Waals surface area contributed by atoms with E-state index in [9.17, 15) is 9.90 Å². The van der Waals surface area contributed by atoms with Crippen LogP contribution in [0.15, 0.2) is 17.7 Å². The number of hydrogen-bond acceptors (Lipinski definition) is 3. The summed E-state index contributed by atoms with van der Waals surface area (Å²) in [5, 5.41) is 10.4. The van der Waals surface area contributed by atoms with Gasteiger partial charge in [0.05, 0.1) is 10.6 Å². The largest absolute Gasteiger partial charge is 0.507 e. The molecule has 0 fully saturated rings. The van der Waals surface area contributed by atoms with Gasteiger partial charge in [-0.3, -0.25) is 4.79 Å². The molecule has 1 atom stereocenters. The second kappa shape index (κ2) is 12.9. The van der Waals surface area contributed by atoms with Crippen molar-refractivity contribution in [2.24, 2.45) is 5.92 Å². The quantitative estimate of drug-likeness (QED) is 0.207. The zero-order valence-corrected chi connectivity index (χ0v) is 19.0. The second-order valence-electron chi connectivity index (χ2n) is 7.97. The highest BCUT2D eigenvalue weighted by atomic mass is 35.5. The van der Waals surface area contributed by atoms with Crippen molar-refractivity contribution in [2.45, 2.75) is 86.0 Å². The molecule has 1 unspecified atom stereocenters. The first-order valence-corrected chi connectivity index (χ1v) is 11.0. The molecule has 1 aromatic rings. The number of rotatable bonds is 13. The third kappa shape index (κ3) is 8.26. The van der Waals surface area contributed by atoms with Crippen molar-refractivity contribution in [3.05, 3.63) is 33.9 Å². The summed E-state index contributed by atoms with van der Waals surface area (Å²) in [7, 11) is 0. The molecule has 0 aliphatic heterocycles. The lowest BCUT2D eigenvalue weighted by molar-refractivity contribution is 0.101. The van der Waals surface area contributed by atoms with Gasteiger partial charge in [0.2, 0.25) is 0 Å². The minimum absolute atomic E-state index is 0.0849. The van der Waals surface area contributed by atoms with E-state index in [2.05, 4.69) is 26.8 Å². The monoisotopic (exact) mass is 408 g/mol. The van der Waals surface area contributed by atoms with E-state index >= 15 is 0 Å². The minimum atomic E-state index is -0.209. The standard InChI is InChI=1S/C24H37ClO3/c1-6-7-11-17(2)12-9-8-10-13-18(3)14-15-28-22-16-21(27)23(20(5)26)19(4)24(22)25/h14,16-17,27H,6-13,15H2,1-5H3/b18-14+. The number of ether oxygens (including phenoxy) is 1. The molecule has 1 rings (SSSR count). The van der Waals surface area contributed by atoms with Crippen molar-refractivity contribution in [1.29, 1.82) is 0 Å². The van der Waals surface area contributed by atoms with E-state index in [-0.39, 0.29) is 17.1 Å². The Labute approximate surface area is 176 Å². The molecular weight excluding hydrogens is 372 g/mol. The van der Waals surface area contributed by atoms with Crippen molar-refractivity contribution in [2.75, 3.05) is 6.61 Å². The Bertz CT molecular complexity index is 664. The summed E-state index contributed by atoms with van der Waals surface area (Å²) in [6, 6.07) is 1.43. The summed E-state index contributed by atoms with van der Waals surface area (Å²) in [4.78, 5) is 11.6. The molecule has 0 heterocycles. The molecular formula is C24H37ClO3. The van der Waals surface area contributed by atoms with Gasteiger partial charge in [0.25, 0.3) is 0 Å². The first-order valence-electron chi connectivity index (χ1n) is 10.6. The number of hydrogen-bond donors (Lipinski definition) is 1. The van der Waals surface area contributed by atoms with E-state index in [4.69, 9.17) is 16.3 Å². The molecule has 0 spiro atoms. The topological polar surface area (TPSA) is 46.5 Å². The van der Waals surface area contributed by atoms with Gasteiger partial charge < -0.3 is 9.84 Å². The lowest BCUT2D eigenvalue weighted by Crippen LogP contribution is -2.02. The fourth-order valence-electron chi connectivity index (χ4n) is 3.44. The van der Waals surface area contributed by atoms with E-state index in [0.29, 0.717) is 22.9 Å². The molecule has 0 aliphatic rings. The molecule has 158 valence electrons. The molecule has 4 heteroatoms. The van der Waals surface area contributed by atoms with Gasteiger partial charge in [-0.25, -0.2) is 0 Å². The highest BCUT2D eigenvalue weighted by Gasteiger charge is 2.17. The molecule has 0 saturated carbocycles. The van der Waals surface area contributed by atoms with Gasteiger partial charge in [-0.2, -0.15) is 0 Å². The third-order valence-electron chi connectivity index (χ3n) is 5.29. The number of ketones is 1. The molecule has 3 nitrogen and oxygen atoms in total. The number of phenols is 1. The number of halogens is 1. The fraction of sp³-hybridized carbons (Fsp3) is 0.625. The summed E-state index contributed by atoms with van der Waals surface area (Å²) in [6.45, 7) is 10.3. The van der Waals surface area contributed by atoms with E-state index in [1.807, 2.05) is 0 Å². The average Bonchev–Trinajstić information content (AvgIpc) is 2.63. The lowest BCUT2D eigenvalue weighted by atomic mass is 9.97. The van der Waals surface area contributed by atoms with Crippen LogP contribution in [0.3, 0.4) is 0 Å². The van der Waals surface area contributed by atoms with E-state index < -0.39 is 0 Å². The molecule has 28 heavy (non-hydrogen) atoms. The minimum Gasteiger partial charge on any atom is -0.507 e. The number of phenolic OH excluding ortho intramolecular Hbond substituents is 1. The maximum Gasteiger partial charge on any atom is 0.163 e. The maximum absolute atomic E-state index is 11.6. The summed E-state index contributed by atoms with van der Waals surface area (Å²) >= 11 is 6.30. The number of benzene rings is 1. The lowest BCUT2D eigenvalue weighted by Gasteiger charge is -2.13. The SMILES string of the molecule is CCCCC(C)CCCCC/C(C)=C/COc1cc(O)c(C(C)=O)c(C)c1Cl. The highest BCUT2D eigenvalue weighted by molar-refractivity contribution is 6.33. The van der Waals surface area contributed by atoms with Gasteiger partial charge in [-0.05, 0) is 51.2 Å². The van der Waals surface area contributed by atoms with Crippen molar-refractivity contribution in [1.82, 2.24) is 0 Å². The van der Waals surface area contributed by atoms with Gasteiger partial charge in [0.1, 0.15) is 18.1 Å². The normalized spacial score (nSPS) is 12.9. The van der Waals surface area contributed by atoms with Crippen molar-refractivity contribution in [3.8, 4) is 11.5 Å². The van der Waals surface area contributed by atoms with Crippen molar-refractivity contribution in [3.63, 3.8) is 0 Å². The molecule has 0 saturated heterocycles. The second-order valence-corrected chi connectivity index (χ2v) is 8.35. The van der Waals surface area contributed by atoms with Crippen molar-refractivity contribution < 1.29 is 14.6 Å². The van der Waals surface area contributed by atoms with Crippen LogP contribution in [-0.4, -0.2) is 17.5 Å². The van der Waals surface area contributed by atoms with Crippen LogP contribution in [0.1, 0.15) is 95.0 Å². The summed E-state index contributed by atoms with van der Waals surface area (Å²) in [5.41, 5.74) is 2.11. The molecule has 0 aromatic heterocycles. The fourth-order valence-corrected chi connectivity index (χ4v) is 3.65. The number of Topliss-reactive ketones (excluding diaryl/α,β-unsaturated/α-hetero) is 1. The molecule has 0 aliphatic carbocycles. The van der Waals surface area contributed by atoms with Crippen LogP contribution in [0, 0.1) is 12.8 Å². The maximum atomic E-state index is 11.6. The summed E-state index contributed by atoms with van der Waals surface area (Å²) in [6.07, 6.45) is 12.3. The van der Waals surface area contributed by atoms with Crippen LogP contribution >= 0.6 is 11.6 Å². The predicted molar refractivity (Wildman–Crippen MR) is 119 cm³/mol. The Balaban J connectivity index is 2.40. The van der Waals surface area contributed by atoms with Crippen LogP contribution in [0.4, 0.5) is 0 Å². The molecule has 1 N–H and O–H groups in total. The van der Waals surface area contributed by atoms with E-state index in [1.54, 1.807) is 6.92 Å². The van der Waals surface area contributed by atoms with Crippen LogP contribution in [-0.2, 0) is 0 Å². The van der Waals surface area contributed by atoms with Gasteiger partial charge in [0.15, 0.2) is 5.78 Å². The number of unbranched alkanes of at least 4 members (excludes halogenated alkanes) is 3. The first kappa shape index (κ1) is 24.6. The molecule has 0 bridgehead atoms. The Morgan fingerprint density at radius 1 is 1.21 bits per heavy atom. The smallest absolute Gasteiger partial charge is 0.163 e. The summed E-state index contributed by atoms with van der Waals surface area (Å²) < 4.78 is 5.72. The van der Waals surface area contributed by atoms with Gasteiger partial charge in [-0.1, -0.05) is 69.5 Å². The number of carbonyl (C=O) groups is 1. The van der Waals surface area contributed by atoms with Crippen LogP contribution < -0.4 is 4.74 Å². The molecule has 0 radical (unpaired) electrons. The van der Waals surface area contributed by atoms with Crippen LogP contribution in [0.5, 0.6) is 11.5 Å². The Kier molecular flexibility index (Phi) is 11.3.